The van der Waals surface area contributed by atoms with Crippen LogP contribution in [0.1, 0.15) is 27.2 Å². The third-order valence-corrected chi connectivity index (χ3v) is 5.36. The zero-order valence-electron chi connectivity index (χ0n) is 16.3. The minimum Gasteiger partial charge on any atom is -0.444 e. The van der Waals surface area contributed by atoms with Crippen molar-refractivity contribution >= 4 is 33.5 Å². The normalized spacial score (nSPS) is 20.9. The zero-order chi connectivity index (χ0) is 19.6. The van der Waals surface area contributed by atoms with Gasteiger partial charge >= 0.3 is 6.09 Å². The standard InChI is InChI=1S/C19H29BrN4O3/c1-19(2,3)27-18(26)23-8-6-22(7-9-23)17-16(10-15(20)11-21-17)24-5-4-14(12-24)13-25/h10-11,14,25H,4-9,12-13H2,1-3H3/t14-/m1/s1. The van der Waals surface area contributed by atoms with E-state index in [1.165, 1.54) is 0 Å². The molecule has 0 unspecified atom stereocenters. The molecule has 8 heteroatoms. The summed E-state index contributed by atoms with van der Waals surface area (Å²) in [7, 11) is 0. The van der Waals surface area contributed by atoms with E-state index in [1.54, 1.807) is 4.90 Å². The molecule has 3 rings (SSSR count). The molecule has 0 aliphatic carbocycles. The highest BCUT2D eigenvalue weighted by molar-refractivity contribution is 9.10. The lowest BCUT2D eigenvalue weighted by atomic mass is 10.1. The first-order valence-electron chi connectivity index (χ1n) is 9.51. The van der Waals surface area contributed by atoms with Crippen LogP contribution >= 0.6 is 15.9 Å². The Morgan fingerprint density at radius 1 is 1.26 bits per heavy atom. The maximum absolute atomic E-state index is 12.3. The summed E-state index contributed by atoms with van der Waals surface area (Å²) in [4.78, 5) is 23.2. The molecule has 150 valence electrons. The lowest BCUT2D eigenvalue weighted by Crippen LogP contribution is -2.50. The molecule has 2 aliphatic rings. The van der Waals surface area contributed by atoms with Gasteiger partial charge in [-0.05, 0) is 49.2 Å². The van der Waals surface area contributed by atoms with E-state index in [-0.39, 0.29) is 12.7 Å². The quantitative estimate of drug-likeness (QED) is 0.778. The Balaban J connectivity index is 1.69. The van der Waals surface area contributed by atoms with Crippen molar-refractivity contribution in [3.8, 4) is 0 Å². The molecule has 0 saturated carbocycles. The van der Waals surface area contributed by atoms with E-state index >= 15 is 0 Å². The molecular formula is C19H29BrN4O3. The van der Waals surface area contributed by atoms with Crippen molar-refractivity contribution in [2.45, 2.75) is 32.8 Å². The highest BCUT2D eigenvalue weighted by atomic mass is 79.9. The van der Waals surface area contributed by atoms with Gasteiger partial charge in [-0.1, -0.05) is 0 Å². The van der Waals surface area contributed by atoms with Gasteiger partial charge in [-0.15, -0.1) is 0 Å². The van der Waals surface area contributed by atoms with E-state index in [9.17, 15) is 9.90 Å². The van der Waals surface area contributed by atoms with Crippen molar-refractivity contribution in [2.75, 3.05) is 55.7 Å². The number of hydrogen-bond donors (Lipinski definition) is 1. The first-order valence-corrected chi connectivity index (χ1v) is 10.3. The summed E-state index contributed by atoms with van der Waals surface area (Å²) >= 11 is 3.53. The lowest BCUT2D eigenvalue weighted by molar-refractivity contribution is 0.0240. The Hall–Kier alpha value is -1.54. The maximum Gasteiger partial charge on any atom is 0.410 e. The van der Waals surface area contributed by atoms with Gasteiger partial charge < -0.3 is 24.5 Å². The number of nitrogens with zero attached hydrogens (tertiary/aromatic N) is 4. The van der Waals surface area contributed by atoms with E-state index in [0.29, 0.717) is 19.0 Å². The Morgan fingerprint density at radius 3 is 2.56 bits per heavy atom. The van der Waals surface area contributed by atoms with Crippen molar-refractivity contribution < 1.29 is 14.6 Å². The molecule has 1 N–H and O–H groups in total. The van der Waals surface area contributed by atoms with E-state index in [4.69, 9.17) is 4.74 Å². The summed E-state index contributed by atoms with van der Waals surface area (Å²) in [6, 6.07) is 2.10. The Morgan fingerprint density at radius 2 is 1.96 bits per heavy atom. The van der Waals surface area contributed by atoms with Crippen molar-refractivity contribution in [3.05, 3.63) is 16.7 Å². The molecule has 0 bridgehead atoms. The molecule has 1 amide bonds. The van der Waals surface area contributed by atoms with Crippen LogP contribution < -0.4 is 9.80 Å². The molecule has 2 fully saturated rings. The largest absolute Gasteiger partial charge is 0.444 e. The monoisotopic (exact) mass is 440 g/mol. The molecule has 2 saturated heterocycles. The highest BCUT2D eigenvalue weighted by Crippen LogP contribution is 2.34. The molecule has 7 nitrogen and oxygen atoms in total. The lowest BCUT2D eigenvalue weighted by Gasteiger charge is -2.37. The number of aliphatic hydroxyl groups excluding tert-OH is 1. The molecule has 27 heavy (non-hydrogen) atoms. The van der Waals surface area contributed by atoms with Gasteiger partial charge in [0.15, 0.2) is 5.82 Å². The number of halogens is 1. The van der Waals surface area contributed by atoms with Gasteiger partial charge in [0.25, 0.3) is 0 Å². The number of ether oxygens (including phenoxy) is 1. The smallest absolute Gasteiger partial charge is 0.410 e. The van der Waals surface area contributed by atoms with E-state index in [1.807, 2.05) is 27.0 Å². The zero-order valence-corrected chi connectivity index (χ0v) is 17.9. The van der Waals surface area contributed by atoms with Gasteiger partial charge in [-0.2, -0.15) is 0 Å². The highest BCUT2D eigenvalue weighted by Gasteiger charge is 2.30. The summed E-state index contributed by atoms with van der Waals surface area (Å²) in [6.45, 7) is 10.3. The van der Waals surface area contributed by atoms with Crippen LogP contribution in [-0.2, 0) is 4.74 Å². The summed E-state index contributed by atoms with van der Waals surface area (Å²) in [5, 5.41) is 9.45. The first-order chi connectivity index (χ1) is 12.8. The fraction of sp³-hybridized carbons (Fsp3) is 0.684. The Kier molecular flexibility index (Phi) is 6.15. The summed E-state index contributed by atoms with van der Waals surface area (Å²) in [5.41, 5.74) is 0.610. The van der Waals surface area contributed by atoms with Crippen molar-refractivity contribution in [3.63, 3.8) is 0 Å². The van der Waals surface area contributed by atoms with E-state index < -0.39 is 5.60 Å². The van der Waals surface area contributed by atoms with Crippen LogP contribution in [0, 0.1) is 5.92 Å². The second-order valence-electron chi connectivity index (χ2n) is 8.23. The number of pyridine rings is 1. The number of aromatic nitrogens is 1. The third kappa shape index (κ3) is 5.04. The summed E-state index contributed by atoms with van der Waals surface area (Å²) < 4.78 is 6.42. The van der Waals surface area contributed by atoms with Crippen LogP contribution in [0.3, 0.4) is 0 Å². The first kappa shape index (κ1) is 20.2. The Bertz CT molecular complexity index is 671. The van der Waals surface area contributed by atoms with Crippen LogP contribution in [-0.4, -0.2) is 72.6 Å². The van der Waals surface area contributed by atoms with E-state index in [0.717, 1.165) is 48.6 Å². The van der Waals surface area contributed by atoms with Crippen molar-refractivity contribution in [2.24, 2.45) is 5.92 Å². The number of amides is 1. The number of rotatable bonds is 3. The number of anilines is 2. The molecule has 1 aromatic heterocycles. The fourth-order valence-electron chi connectivity index (χ4n) is 3.53. The average Bonchev–Trinajstić information content (AvgIpc) is 3.09. The SMILES string of the molecule is CC(C)(C)OC(=O)N1CCN(c2ncc(Br)cc2N2CC[C@@H](CO)C2)CC1. The molecular weight excluding hydrogens is 412 g/mol. The minimum absolute atomic E-state index is 0.224. The molecule has 2 aliphatic heterocycles. The Labute approximate surface area is 169 Å². The second-order valence-corrected chi connectivity index (χ2v) is 9.15. The third-order valence-electron chi connectivity index (χ3n) is 4.93. The molecule has 0 radical (unpaired) electrons. The topological polar surface area (TPSA) is 69.1 Å². The number of piperazine rings is 1. The fourth-order valence-corrected chi connectivity index (χ4v) is 3.84. The number of aliphatic hydroxyl groups is 1. The second kappa shape index (κ2) is 8.22. The molecule has 1 aromatic rings. The summed E-state index contributed by atoms with van der Waals surface area (Å²) in [5.74, 6) is 1.27. The van der Waals surface area contributed by atoms with Crippen LogP contribution in [0.4, 0.5) is 16.3 Å². The number of carbonyl (C=O) groups is 1. The summed E-state index contributed by atoms with van der Waals surface area (Å²) in [6.07, 6.45) is 2.56. The van der Waals surface area contributed by atoms with Crippen LogP contribution in [0.25, 0.3) is 0 Å². The average molecular weight is 441 g/mol. The number of hydrogen-bond acceptors (Lipinski definition) is 6. The predicted molar refractivity (Wildman–Crippen MR) is 109 cm³/mol. The maximum atomic E-state index is 12.3. The van der Waals surface area contributed by atoms with Crippen molar-refractivity contribution in [1.29, 1.82) is 0 Å². The van der Waals surface area contributed by atoms with Gasteiger partial charge in [0.05, 0.1) is 5.69 Å². The predicted octanol–water partition coefficient (Wildman–Crippen LogP) is 2.72. The molecule has 0 spiro atoms. The van der Waals surface area contributed by atoms with Crippen LogP contribution in [0.15, 0.2) is 16.7 Å². The van der Waals surface area contributed by atoms with Crippen LogP contribution in [0.5, 0.6) is 0 Å². The van der Waals surface area contributed by atoms with E-state index in [2.05, 4.69) is 36.8 Å². The van der Waals surface area contributed by atoms with Gasteiger partial charge in [-0.25, -0.2) is 9.78 Å². The van der Waals surface area contributed by atoms with Gasteiger partial charge in [0, 0.05) is 62.5 Å². The minimum atomic E-state index is -0.479. The van der Waals surface area contributed by atoms with Gasteiger partial charge in [0.1, 0.15) is 5.60 Å². The molecule has 1 atom stereocenters. The van der Waals surface area contributed by atoms with Crippen molar-refractivity contribution in [1.82, 2.24) is 9.88 Å². The molecule has 3 heterocycles. The molecule has 0 aromatic carbocycles. The number of carbonyl (C=O) groups excluding carboxylic acids is 1. The van der Waals surface area contributed by atoms with Crippen LogP contribution in [0.2, 0.25) is 0 Å². The van der Waals surface area contributed by atoms with Gasteiger partial charge in [0.2, 0.25) is 0 Å². The van der Waals surface area contributed by atoms with Gasteiger partial charge in [-0.3, -0.25) is 0 Å².